The maximum Gasteiger partial charge on any atom is 0.274 e. The van der Waals surface area contributed by atoms with E-state index in [4.69, 9.17) is 4.74 Å². The smallest absolute Gasteiger partial charge is 0.274 e. The van der Waals surface area contributed by atoms with Gasteiger partial charge in [-0.2, -0.15) is 0 Å². The van der Waals surface area contributed by atoms with E-state index in [0.717, 1.165) is 5.56 Å². The number of nitrogens with zero attached hydrogens (tertiary/aromatic N) is 4. The van der Waals surface area contributed by atoms with Crippen molar-refractivity contribution in [2.45, 2.75) is 38.9 Å². The number of rotatable bonds is 7. The highest BCUT2D eigenvalue weighted by Gasteiger charge is 2.26. The van der Waals surface area contributed by atoms with Gasteiger partial charge in [0.2, 0.25) is 5.91 Å². The quantitative estimate of drug-likeness (QED) is 0.717. The van der Waals surface area contributed by atoms with Crippen molar-refractivity contribution in [3.8, 4) is 0 Å². The van der Waals surface area contributed by atoms with Crippen LogP contribution in [0.5, 0.6) is 0 Å². The van der Waals surface area contributed by atoms with Crippen molar-refractivity contribution in [2.24, 2.45) is 0 Å². The highest BCUT2D eigenvalue weighted by Crippen LogP contribution is 2.13. The van der Waals surface area contributed by atoms with Gasteiger partial charge in [-0.05, 0) is 25.8 Å². The van der Waals surface area contributed by atoms with E-state index in [1.54, 1.807) is 4.90 Å². The Morgan fingerprint density at radius 1 is 1.10 bits per heavy atom. The minimum Gasteiger partial charge on any atom is -0.372 e. The number of benzene rings is 1. The molecule has 2 aromatic rings. The molecule has 1 aliphatic rings. The number of hydrogen-bond acceptors (Lipinski definition) is 5. The summed E-state index contributed by atoms with van der Waals surface area (Å²) in [6.07, 6.45) is 5.55. The highest BCUT2D eigenvalue weighted by atomic mass is 16.5. The van der Waals surface area contributed by atoms with Crippen LogP contribution in [-0.4, -0.2) is 70.0 Å². The molecule has 2 heterocycles. The van der Waals surface area contributed by atoms with Crippen LogP contribution in [0, 0.1) is 0 Å². The van der Waals surface area contributed by atoms with Crippen molar-refractivity contribution >= 4 is 11.8 Å². The summed E-state index contributed by atoms with van der Waals surface area (Å²) >= 11 is 0. The third-order valence-electron chi connectivity index (χ3n) is 4.95. The molecule has 2 atom stereocenters. The van der Waals surface area contributed by atoms with Crippen LogP contribution in [0.1, 0.15) is 36.3 Å². The summed E-state index contributed by atoms with van der Waals surface area (Å²) in [7, 11) is 0. The molecule has 0 unspecified atom stereocenters. The van der Waals surface area contributed by atoms with Gasteiger partial charge in [-0.1, -0.05) is 30.3 Å². The van der Waals surface area contributed by atoms with Gasteiger partial charge < -0.3 is 14.5 Å². The van der Waals surface area contributed by atoms with Gasteiger partial charge in [0.1, 0.15) is 5.69 Å². The second kappa shape index (κ2) is 10.1. The molecule has 1 aromatic heterocycles. The molecule has 0 bridgehead atoms. The molecule has 0 saturated carbocycles. The zero-order valence-corrected chi connectivity index (χ0v) is 17.0. The van der Waals surface area contributed by atoms with E-state index in [2.05, 4.69) is 9.97 Å². The third-order valence-corrected chi connectivity index (χ3v) is 4.95. The van der Waals surface area contributed by atoms with Crippen LogP contribution < -0.4 is 0 Å². The molecule has 3 rings (SSSR count). The third kappa shape index (κ3) is 6.09. The van der Waals surface area contributed by atoms with Gasteiger partial charge in [0, 0.05) is 45.0 Å². The zero-order chi connectivity index (χ0) is 20.6. The van der Waals surface area contributed by atoms with Crippen LogP contribution >= 0.6 is 0 Å². The number of amides is 2. The molecule has 7 nitrogen and oxygen atoms in total. The minimum atomic E-state index is -0.203. The molecule has 29 heavy (non-hydrogen) atoms. The van der Waals surface area contributed by atoms with Gasteiger partial charge in [-0.25, -0.2) is 4.98 Å². The van der Waals surface area contributed by atoms with Crippen molar-refractivity contribution in [1.29, 1.82) is 0 Å². The number of hydrogen-bond donors (Lipinski definition) is 0. The summed E-state index contributed by atoms with van der Waals surface area (Å²) in [6.45, 7) is 5.99. The summed E-state index contributed by atoms with van der Waals surface area (Å²) in [5, 5.41) is 0. The Morgan fingerprint density at radius 3 is 2.48 bits per heavy atom. The first kappa shape index (κ1) is 20.9. The lowest BCUT2D eigenvalue weighted by Gasteiger charge is -2.35. The largest absolute Gasteiger partial charge is 0.372 e. The molecule has 2 amide bonds. The fourth-order valence-electron chi connectivity index (χ4n) is 3.57. The van der Waals surface area contributed by atoms with E-state index in [1.807, 2.05) is 49.1 Å². The van der Waals surface area contributed by atoms with E-state index < -0.39 is 0 Å². The zero-order valence-electron chi connectivity index (χ0n) is 17.0. The predicted molar refractivity (Wildman–Crippen MR) is 109 cm³/mol. The molecular formula is C22H28N4O3. The lowest BCUT2D eigenvalue weighted by Crippen LogP contribution is -2.49. The lowest BCUT2D eigenvalue weighted by atomic mass is 10.1. The van der Waals surface area contributed by atoms with Gasteiger partial charge in [-0.15, -0.1) is 0 Å². The van der Waals surface area contributed by atoms with Gasteiger partial charge in [0.05, 0.1) is 18.4 Å². The van der Waals surface area contributed by atoms with E-state index >= 15 is 0 Å². The van der Waals surface area contributed by atoms with E-state index in [1.165, 1.54) is 18.6 Å². The fourth-order valence-corrected chi connectivity index (χ4v) is 3.57. The normalized spacial score (nSPS) is 19.0. The van der Waals surface area contributed by atoms with E-state index in [0.29, 0.717) is 38.3 Å². The first-order chi connectivity index (χ1) is 14.0. The highest BCUT2D eigenvalue weighted by molar-refractivity contribution is 5.92. The Balaban J connectivity index is 1.64. The monoisotopic (exact) mass is 396 g/mol. The minimum absolute atomic E-state index is 0.0260. The van der Waals surface area contributed by atoms with Gasteiger partial charge in [0.15, 0.2) is 0 Å². The first-order valence-corrected chi connectivity index (χ1v) is 10.1. The average Bonchev–Trinajstić information content (AvgIpc) is 2.74. The summed E-state index contributed by atoms with van der Waals surface area (Å²) in [4.78, 5) is 37.3. The SMILES string of the molecule is C[C@@H]1CN(C(=O)CCN(CCc2ccccc2)C(=O)c2cnccn2)C[C@@H](C)O1. The first-order valence-electron chi connectivity index (χ1n) is 10.1. The molecule has 1 saturated heterocycles. The van der Waals surface area contributed by atoms with Crippen LogP contribution in [0.15, 0.2) is 48.9 Å². The Morgan fingerprint density at radius 2 is 1.83 bits per heavy atom. The molecule has 1 fully saturated rings. The van der Waals surface area contributed by atoms with E-state index in [-0.39, 0.29) is 30.4 Å². The number of carbonyl (C=O) groups is 2. The molecular weight excluding hydrogens is 368 g/mol. The number of aromatic nitrogens is 2. The van der Waals surface area contributed by atoms with Crippen molar-refractivity contribution in [2.75, 3.05) is 26.2 Å². The maximum atomic E-state index is 12.9. The molecule has 1 aromatic carbocycles. The Labute approximate surface area is 171 Å². The standard InChI is InChI=1S/C22H28N4O3/c1-17-15-26(16-18(2)29-17)21(27)9-13-25(12-8-19-6-4-3-5-7-19)22(28)20-14-23-10-11-24-20/h3-7,10-11,14,17-18H,8-9,12-13,15-16H2,1-2H3/t17-,18-/m1/s1. The molecule has 0 radical (unpaired) electrons. The van der Waals surface area contributed by atoms with Crippen molar-refractivity contribution < 1.29 is 14.3 Å². The van der Waals surface area contributed by atoms with Crippen LogP contribution in [0.4, 0.5) is 0 Å². The topological polar surface area (TPSA) is 75.6 Å². The number of ether oxygens (including phenoxy) is 1. The molecule has 0 aliphatic carbocycles. The average molecular weight is 396 g/mol. The molecule has 0 spiro atoms. The summed E-state index contributed by atoms with van der Waals surface area (Å²) < 4.78 is 5.70. The van der Waals surface area contributed by atoms with Gasteiger partial charge >= 0.3 is 0 Å². The van der Waals surface area contributed by atoms with Crippen molar-refractivity contribution in [3.05, 3.63) is 60.2 Å². The molecule has 154 valence electrons. The van der Waals surface area contributed by atoms with Gasteiger partial charge in [-0.3, -0.25) is 14.6 Å². The van der Waals surface area contributed by atoms with Gasteiger partial charge in [0.25, 0.3) is 5.91 Å². The van der Waals surface area contributed by atoms with Crippen LogP contribution in [0.2, 0.25) is 0 Å². The fraction of sp³-hybridized carbons (Fsp3) is 0.455. The summed E-state index contributed by atoms with van der Waals surface area (Å²) in [6, 6.07) is 10.00. The number of morpholine rings is 1. The summed E-state index contributed by atoms with van der Waals surface area (Å²) in [5.41, 5.74) is 1.44. The second-order valence-electron chi connectivity index (χ2n) is 7.42. The molecule has 0 N–H and O–H groups in total. The molecule has 7 heteroatoms. The summed E-state index contributed by atoms with van der Waals surface area (Å²) in [5.74, 6) is -0.158. The van der Waals surface area contributed by atoms with Crippen molar-refractivity contribution in [1.82, 2.24) is 19.8 Å². The van der Waals surface area contributed by atoms with Crippen molar-refractivity contribution in [3.63, 3.8) is 0 Å². The predicted octanol–water partition coefficient (Wildman–Crippen LogP) is 2.19. The van der Waals surface area contributed by atoms with Crippen LogP contribution in [0.25, 0.3) is 0 Å². The lowest BCUT2D eigenvalue weighted by molar-refractivity contribution is -0.143. The number of carbonyl (C=O) groups excluding carboxylic acids is 2. The second-order valence-corrected chi connectivity index (χ2v) is 7.42. The Bertz CT molecular complexity index is 790. The maximum absolute atomic E-state index is 12.9. The van der Waals surface area contributed by atoms with Crippen LogP contribution in [0.3, 0.4) is 0 Å². The molecule has 1 aliphatic heterocycles. The Kier molecular flexibility index (Phi) is 7.30. The van der Waals surface area contributed by atoms with Crippen LogP contribution in [-0.2, 0) is 16.0 Å². The van der Waals surface area contributed by atoms with E-state index in [9.17, 15) is 9.59 Å². The Hall–Kier alpha value is -2.80.